The van der Waals surface area contributed by atoms with Crippen molar-refractivity contribution in [2.45, 2.75) is 42.9 Å². The Labute approximate surface area is 256 Å². The van der Waals surface area contributed by atoms with Gasteiger partial charge in [-0.15, -0.1) is 0 Å². The van der Waals surface area contributed by atoms with Crippen LogP contribution in [0.1, 0.15) is 37.3 Å². The van der Waals surface area contributed by atoms with E-state index in [4.69, 9.17) is 0 Å². The van der Waals surface area contributed by atoms with Crippen molar-refractivity contribution in [2.24, 2.45) is 0 Å². The van der Waals surface area contributed by atoms with Crippen molar-refractivity contribution < 1.29 is 16.8 Å². The monoisotopic (exact) mass is 660 g/mol. The molecule has 0 fully saturated rings. The summed E-state index contributed by atoms with van der Waals surface area (Å²) in [4.78, 5) is 0.385. The molecule has 214 valence electrons. The Morgan fingerprint density at radius 3 is 1.86 bits per heavy atom. The molecular formula is C35H32O4S2Se. The van der Waals surface area contributed by atoms with Crippen LogP contribution in [0.2, 0.25) is 0 Å². The first-order valence-corrected chi connectivity index (χ1v) is 18.3. The first-order valence-electron chi connectivity index (χ1n) is 13.6. The molecule has 4 nitrogen and oxygen atoms in total. The molecule has 0 amide bonds. The molecule has 0 unspecified atom stereocenters. The molecule has 42 heavy (non-hydrogen) atoms. The third-order valence-electron chi connectivity index (χ3n) is 6.37. The summed E-state index contributed by atoms with van der Waals surface area (Å²) in [6, 6.07) is 33.6. The Hall–Kier alpha value is -3.66. The predicted molar refractivity (Wildman–Crippen MR) is 172 cm³/mol. The van der Waals surface area contributed by atoms with Crippen LogP contribution in [0.3, 0.4) is 0 Å². The molecule has 0 N–H and O–H groups in total. The van der Waals surface area contributed by atoms with Gasteiger partial charge in [-0.2, -0.15) is 0 Å². The van der Waals surface area contributed by atoms with Crippen LogP contribution < -0.4 is 4.46 Å². The van der Waals surface area contributed by atoms with Crippen LogP contribution in [-0.2, 0) is 19.7 Å². The van der Waals surface area contributed by atoms with Crippen LogP contribution in [0, 0.1) is 18.8 Å². The molecule has 0 aliphatic heterocycles. The number of allylic oxidation sites excluding steroid dienone is 4. The topological polar surface area (TPSA) is 68.3 Å². The van der Waals surface area contributed by atoms with Gasteiger partial charge in [0.1, 0.15) is 0 Å². The van der Waals surface area contributed by atoms with Crippen LogP contribution in [-0.4, -0.2) is 31.8 Å². The first kappa shape index (κ1) is 31.3. The van der Waals surface area contributed by atoms with Crippen molar-refractivity contribution in [2.75, 3.05) is 0 Å². The number of benzene rings is 4. The maximum atomic E-state index is 14.2. The average Bonchev–Trinajstić information content (AvgIpc) is 3.00. The van der Waals surface area contributed by atoms with Crippen LogP contribution in [0.25, 0.3) is 0 Å². The van der Waals surface area contributed by atoms with Gasteiger partial charge in [0.05, 0.1) is 0 Å². The van der Waals surface area contributed by atoms with Gasteiger partial charge in [0.25, 0.3) is 0 Å². The fraction of sp³-hybridized carbons (Fsp3) is 0.143. The van der Waals surface area contributed by atoms with E-state index in [2.05, 4.69) is 11.8 Å². The van der Waals surface area contributed by atoms with Crippen LogP contribution in [0.5, 0.6) is 0 Å². The van der Waals surface area contributed by atoms with Gasteiger partial charge >= 0.3 is 257 Å². The summed E-state index contributed by atoms with van der Waals surface area (Å²) in [5, 5.41) is 0. The molecule has 7 heteroatoms. The van der Waals surface area contributed by atoms with Crippen LogP contribution in [0.4, 0.5) is 0 Å². The molecule has 0 bridgehead atoms. The van der Waals surface area contributed by atoms with Gasteiger partial charge in [0.2, 0.25) is 0 Å². The van der Waals surface area contributed by atoms with E-state index < -0.39 is 34.6 Å². The predicted octanol–water partition coefficient (Wildman–Crippen LogP) is 6.61. The van der Waals surface area contributed by atoms with Gasteiger partial charge in [-0.05, 0) is 0 Å². The van der Waals surface area contributed by atoms with E-state index in [1.807, 2.05) is 62.4 Å². The molecule has 0 aliphatic rings. The fourth-order valence-electron chi connectivity index (χ4n) is 4.05. The van der Waals surface area contributed by atoms with Crippen molar-refractivity contribution in [3.05, 3.63) is 147 Å². The molecular weight excluding hydrogens is 627 g/mol. The third-order valence-corrected chi connectivity index (χ3v) is 12.6. The van der Waals surface area contributed by atoms with Crippen LogP contribution in [0.15, 0.2) is 145 Å². The number of sulfone groups is 2. The Balaban J connectivity index is 2.03. The van der Waals surface area contributed by atoms with Gasteiger partial charge < -0.3 is 0 Å². The number of aryl methyl sites for hydroxylation is 1. The second-order valence-corrected chi connectivity index (χ2v) is 15.8. The van der Waals surface area contributed by atoms with Crippen molar-refractivity contribution in [3.8, 4) is 11.8 Å². The quantitative estimate of drug-likeness (QED) is 0.109. The van der Waals surface area contributed by atoms with E-state index in [1.165, 1.54) is 18.2 Å². The molecule has 0 saturated carbocycles. The average molecular weight is 660 g/mol. The van der Waals surface area contributed by atoms with E-state index in [0.717, 1.165) is 16.4 Å². The van der Waals surface area contributed by atoms with Gasteiger partial charge in [0, 0.05) is 0 Å². The minimum atomic E-state index is -4.06. The van der Waals surface area contributed by atoms with Crippen molar-refractivity contribution in [1.82, 2.24) is 0 Å². The Bertz CT molecular complexity index is 1830. The Kier molecular flexibility index (Phi) is 10.8. The summed E-state index contributed by atoms with van der Waals surface area (Å²) in [6.45, 7) is 3.91. The van der Waals surface area contributed by atoms with Crippen LogP contribution >= 0.6 is 0 Å². The van der Waals surface area contributed by atoms with Crippen molar-refractivity contribution >= 4 is 39.1 Å². The number of hydrogen-bond donors (Lipinski definition) is 0. The van der Waals surface area contributed by atoms with E-state index in [1.54, 1.807) is 54.6 Å². The summed E-state index contributed by atoms with van der Waals surface area (Å²) >= 11 is -0.520. The fourth-order valence-corrected chi connectivity index (χ4v) is 9.84. The minimum absolute atomic E-state index is 0.0988. The second-order valence-electron chi connectivity index (χ2n) is 9.56. The molecule has 0 aliphatic carbocycles. The van der Waals surface area contributed by atoms with E-state index in [-0.39, 0.29) is 26.0 Å². The maximum absolute atomic E-state index is 14.2. The number of rotatable bonds is 10. The molecule has 0 aromatic heterocycles. The summed E-state index contributed by atoms with van der Waals surface area (Å²) in [6.07, 6.45) is 3.21. The molecule has 0 saturated heterocycles. The Morgan fingerprint density at radius 2 is 1.26 bits per heavy atom. The van der Waals surface area contributed by atoms with Gasteiger partial charge in [-0.1, -0.05) is 0 Å². The molecule has 0 heterocycles. The van der Waals surface area contributed by atoms with E-state index >= 15 is 0 Å². The summed E-state index contributed by atoms with van der Waals surface area (Å²) in [7, 11) is -7.98. The molecule has 0 radical (unpaired) electrons. The summed E-state index contributed by atoms with van der Waals surface area (Å²) in [5.41, 5.74) is 1.61. The molecule has 4 aromatic carbocycles. The Morgan fingerprint density at radius 1 is 0.714 bits per heavy atom. The first-order chi connectivity index (χ1) is 20.2. The third kappa shape index (κ3) is 8.00. The normalized spacial score (nSPS) is 12.7. The zero-order chi connectivity index (χ0) is 30.0. The number of hydrogen-bond acceptors (Lipinski definition) is 4. The second kappa shape index (κ2) is 14.5. The zero-order valence-electron chi connectivity index (χ0n) is 23.5. The van der Waals surface area contributed by atoms with E-state index in [9.17, 15) is 16.8 Å². The van der Waals surface area contributed by atoms with Gasteiger partial charge in [0.15, 0.2) is 0 Å². The molecule has 4 rings (SSSR count). The summed E-state index contributed by atoms with van der Waals surface area (Å²) in [5.74, 6) is 5.89. The molecule has 4 aromatic rings. The van der Waals surface area contributed by atoms with Gasteiger partial charge in [-0.25, -0.2) is 0 Å². The molecule has 0 atom stereocenters. The van der Waals surface area contributed by atoms with Gasteiger partial charge in [-0.3, -0.25) is 0 Å². The zero-order valence-corrected chi connectivity index (χ0v) is 26.9. The van der Waals surface area contributed by atoms with E-state index in [0.29, 0.717) is 16.5 Å². The number of unbranched alkanes of at least 4 members (excludes halogenated alkanes) is 1. The summed E-state index contributed by atoms with van der Waals surface area (Å²) < 4.78 is 57.8. The molecule has 0 spiro atoms. The standard InChI is InChI=1S/C35H32O4S2Se/c1-3-4-20-34(41(38,39)31-24-21-28(2)22-25-31)35(42-33-18-12-7-13-19-33)27-32(26-23-29-14-8-5-9-15-29)40(36,37)30-16-10-6-11-17-30/h5-19,21-22,24-25,27H,3-4,20H2,1-2H3. The SMILES string of the molecule is CCCCC(=C(C=C(C#Cc1ccccc1)S(=O)(=O)c1ccccc1)[Se]c1ccccc1)S(=O)(=O)c1ccc(C)cc1. The van der Waals surface area contributed by atoms with Crippen molar-refractivity contribution in [3.63, 3.8) is 0 Å². The van der Waals surface area contributed by atoms with Crippen molar-refractivity contribution in [1.29, 1.82) is 0 Å².